The van der Waals surface area contributed by atoms with Gasteiger partial charge in [0.2, 0.25) is 0 Å². The Morgan fingerprint density at radius 3 is 2.86 bits per heavy atom. The van der Waals surface area contributed by atoms with E-state index in [1.165, 1.54) is 0 Å². The Kier molecular flexibility index (Phi) is 1.99. The smallest absolute Gasteiger partial charge is 0.345 e. The van der Waals surface area contributed by atoms with Gasteiger partial charge in [-0.1, -0.05) is 0 Å². The van der Waals surface area contributed by atoms with Crippen LogP contribution in [-0.4, -0.2) is 42.6 Å². The van der Waals surface area contributed by atoms with Crippen LogP contribution in [0.3, 0.4) is 0 Å². The first kappa shape index (κ1) is 9.45. The van der Waals surface area contributed by atoms with E-state index in [0.717, 1.165) is 13.0 Å². The number of urea groups is 1. The van der Waals surface area contributed by atoms with E-state index in [1.54, 1.807) is 11.9 Å². The van der Waals surface area contributed by atoms with Crippen LogP contribution in [-0.2, 0) is 4.74 Å². The molecule has 1 saturated heterocycles. The number of amides is 2. The van der Waals surface area contributed by atoms with Crippen LogP contribution in [0, 0.1) is 5.92 Å². The lowest BCUT2D eigenvalue weighted by molar-refractivity contribution is 0.135. The molecule has 2 amide bonds. The lowest BCUT2D eigenvalue weighted by Crippen LogP contribution is -2.55. The van der Waals surface area contributed by atoms with Crippen molar-refractivity contribution < 1.29 is 9.53 Å². The van der Waals surface area contributed by atoms with Crippen LogP contribution >= 0.6 is 0 Å². The SMILES string of the molecule is CN1C(=O)N=C(N)C1(C)C1CCOC1. The zero-order valence-corrected chi connectivity index (χ0v) is 8.49. The third-order valence-corrected chi connectivity index (χ3v) is 3.44. The Labute approximate surface area is 82.9 Å². The molecule has 0 aromatic rings. The fourth-order valence-corrected chi connectivity index (χ4v) is 2.12. The minimum atomic E-state index is -0.451. The van der Waals surface area contributed by atoms with Gasteiger partial charge < -0.3 is 15.4 Å². The number of carbonyl (C=O) groups excluding carboxylic acids is 1. The number of amidine groups is 1. The van der Waals surface area contributed by atoms with Crippen LogP contribution in [0.2, 0.25) is 0 Å². The summed E-state index contributed by atoms with van der Waals surface area (Å²) in [6, 6.07) is -0.253. The third kappa shape index (κ3) is 1.05. The quantitative estimate of drug-likeness (QED) is 0.653. The van der Waals surface area contributed by atoms with Crippen LogP contribution in [0.5, 0.6) is 0 Å². The number of likely N-dealkylation sites (N-methyl/N-ethyl adjacent to an activating group) is 1. The molecule has 0 aliphatic carbocycles. The summed E-state index contributed by atoms with van der Waals surface area (Å²) in [5.74, 6) is 0.684. The van der Waals surface area contributed by atoms with Crippen molar-refractivity contribution in [1.29, 1.82) is 0 Å². The highest BCUT2D eigenvalue weighted by Gasteiger charge is 2.49. The van der Waals surface area contributed by atoms with Gasteiger partial charge in [-0.05, 0) is 13.3 Å². The fourth-order valence-electron chi connectivity index (χ4n) is 2.12. The average molecular weight is 197 g/mol. The van der Waals surface area contributed by atoms with E-state index < -0.39 is 5.54 Å². The van der Waals surface area contributed by atoms with Crippen molar-refractivity contribution in [2.45, 2.75) is 18.9 Å². The maximum atomic E-state index is 11.4. The lowest BCUT2D eigenvalue weighted by atomic mass is 9.83. The second-order valence-electron chi connectivity index (χ2n) is 4.05. The molecule has 78 valence electrons. The minimum Gasteiger partial charge on any atom is -0.385 e. The Morgan fingerprint density at radius 2 is 2.43 bits per heavy atom. The molecule has 2 heterocycles. The number of hydrogen-bond donors (Lipinski definition) is 1. The average Bonchev–Trinajstić information content (AvgIpc) is 2.72. The predicted octanol–water partition coefficient (Wildman–Crippen LogP) is 0.204. The van der Waals surface area contributed by atoms with E-state index in [1.807, 2.05) is 6.92 Å². The number of hydrogen-bond acceptors (Lipinski definition) is 3. The number of nitrogens with two attached hydrogens (primary N) is 1. The molecule has 0 aromatic heterocycles. The molecule has 2 aliphatic rings. The molecule has 14 heavy (non-hydrogen) atoms. The Hall–Kier alpha value is -1.10. The molecule has 2 aliphatic heterocycles. The van der Waals surface area contributed by atoms with E-state index in [-0.39, 0.29) is 11.9 Å². The van der Waals surface area contributed by atoms with E-state index in [0.29, 0.717) is 12.4 Å². The molecule has 2 rings (SSSR count). The highest BCUT2D eigenvalue weighted by Crippen LogP contribution is 2.34. The second-order valence-corrected chi connectivity index (χ2v) is 4.05. The predicted molar refractivity (Wildman–Crippen MR) is 52.1 cm³/mol. The molecular weight excluding hydrogens is 182 g/mol. The Bertz CT molecular complexity index is 296. The van der Waals surface area contributed by atoms with Crippen molar-refractivity contribution >= 4 is 11.9 Å². The molecule has 0 saturated carbocycles. The first-order valence-electron chi connectivity index (χ1n) is 4.77. The van der Waals surface area contributed by atoms with E-state index in [2.05, 4.69) is 4.99 Å². The summed E-state index contributed by atoms with van der Waals surface area (Å²) in [7, 11) is 1.74. The number of aliphatic imine (C=N–C) groups is 1. The zero-order valence-electron chi connectivity index (χ0n) is 8.49. The first-order chi connectivity index (χ1) is 6.56. The number of ether oxygens (including phenoxy) is 1. The summed E-state index contributed by atoms with van der Waals surface area (Å²) < 4.78 is 5.32. The summed E-state index contributed by atoms with van der Waals surface area (Å²) in [5.41, 5.74) is 5.36. The largest absolute Gasteiger partial charge is 0.385 e. The number of nitrogens with zero attached hydrogens (tertiary/aromatic N) is 2. The van der Waals surface area contributed by atoms with Gasteiger partial charge >= 0.3 is 6.03 Å². The summed E-state index contributed by atoms with van der Waals surface area (Å²) in [4.78, 5) is 16.8. The standard InChI is InChI=1S/C9H15N3O2/c1-9(6-3-4-14-5-6)7(10)11-8(13)12(9)2/h6H,3-5H2,1-2H3,(H2,10,11,13). The van der Waals surface area contributed by atoms with Crippen molar-refractivity contribution in [3.8, 4) is 0 Å². The molecule has 5 nitrogen and oxygen atoms in total. The molecule has 2 unspecified atom stereocenters. The molecule has 2 N–H and O–H groups in total. The van der Waals surface area contributed by atoms with Crippen LogP contribution in [0.4, 0.5) is 4.79 Å². The second kappa shape index (κ2) is 2.95. The first-order valence-corrected chi connectivity index (χ1v) is 4.77. The molecule has 2 atom stereocenters. The van der Waals surface area contributed by atoms with E-state index >= 15 is 0 Å². The summed E-state index contributed by atoms with van der Waals surface area (Å²) >= 11 is 0. The molecule has 5 heteroatoms. The summed E-state index contributed by atoms with van der Waals surface area (Å²) in [5, 5.41) is 0. The molecular formula is C9H15N3O2. The Morgan fingerprint density at radius 1 is 1.71 bits per heavy atom. The topological polar surface area (TPSA) is 67.9 Å². The summed E-state index contributed by atoms with van der Waals surface area (Å²) in [6.45, 7) is 3.36. The van der Waals surface area contributed by atoms with E-state index in [9.17, 15) is 4.79 Å². The molecule has 0 radical (unpaired) electrons. The number of rotatable bonds is 1. The van der Waals surface area contributed by atoms with Crippen molar-refractivity contribution in [1.82, 2.24) is 4.90 Å². The van der Waals surface area contributed by atoms with Crippen LogP contribution in [0.25, 0.3) is 0 Å². The molecule has 0 bridgehead atoms. The van der Waals surface area contributed by atoms with Gasteiger partial charge in [-0.15, -0.1) is 0 Å². The van der Waals surface area contributed by atoms with Crippen LogP contribution in [0.1, 0.15) is 13.3 Å². The number of carbonyl (C=O) groups is 1. The van der Waals surface area contributed by atoms with Gasteiger partial charge in [-0.3, -0.25) is 0 Å². The van der Waals surface area contributed by atoms with Gasteiger partial charge in [0.25, 0.3) is 0 Å². The van der Waals surface area contributed by atoms with Gasteiger partial charge in [-0.25, -0.2) is 4.79 Å². The Balaban J connectivity index is 2.30. The normalized spacial score (nSPS) is 37.9. The van der Waals surface area contributed by atoms with Gasteiger partial charge in [0, 0.05) is 19.6 Å². The van der Waals surface area contributed by atoms with E-state index in [4.69, 9.17) is 10.5 Å². The van der Waals surface area contributed by atoms with Gasteiger partial charge in [0.1, 0.15) is 11.4 Å². The monoisotopic (exact) mass is 197 g/mol. The van der Waals surface area contributed by atoms with Crippen LogP contribution < -0.4 is 5.73 Å². The van der Waals surface area contributed by atoms with Gasteiger partial charge in [0.05, 0.1) is 6.61 Å². The van der Waals surface area contributed by atoms with Crippen molar-refractivity contribution in [3.63, 3.8) is 0 Å². The highest BCUT2D eigenvalue weighted by molar-refractivity contribution is 6.05. The van der Waals surface area contributed by atoms with Gasteiger partial charge in [0.15, 0.2) is 0 Å². The third-order valence-electron chi connectivity index (χ3n) is 3.44. The minimum absolute atomic E-state index is 0.253. The van der Waals surface area contributed by atoms with Crippen LogP contribution in [0.15, 0.2) is 4.99 Å². The maximum absolute atomic E-state index is 11.4. The van der Waals surface area contributed by atoms with Crippen molar-refractivity contribution in [2.75, 3.05) is 20.3 Å². The van der Waals surface area contributed by atoms with Crippen molar-refractivity contribution in [2.24, 2.45) is 16.6 Å². The van der Waals surface area contributed by atoms with Gasteiger partial charge in [-0.2, -0.15) is 4.99 Å². The molecule has 1 fully saturated rings. The molecule has 0 aromatic carbocycles. The highest BCUT2D eigenvalue weighted by atomic mass is 16.5. The fraction of sp³-hybridized carbons (Fsp3) is 0.778. The lowest BCUT2D eigenvalue weighted by Gasteiger charge is -2.36. The molecule has 0 spiro atoms. The van der Waals surface area contributed by atoms with Crippen molar-refractivity contribution in [3.05, 3.63) is 0 Å². The maximum Gasteiger partial charge on any atom is 0.345 e. The summed E-state index contributed by atoms with van der Waals surface area (Å²) in [6.07, 6.45) is 0.935. The zero-order chi connectivity index (χ0) is 10.3.